The van der Waals surface area contributed by atoms with Crippen molar-refractivity contribution in [2.75, 3.05) is 10.5 Å². The van der Waals surface area contributed by atoms with Crippen molar-refractivity contribution in [3.05, 3.63) is 24.0 Å². The zero-order chi connectivity index (χ0) is 20.7. The van der Waals surface area contributed by atoms with Gasteiger partial charge in [0.1, 0.15) is 5.82 Å². The van der Waals surface area contributed by atoms with Gasteiger partial charge in [-0.05, 0) is 43.9 Å². The number of sulfonamides is 1. The van der Waals surface area contributed by atoms with Crippen molar-refractivity contribution in [3.8, 4) is 0 Å². The predicted molar refractivity (Wildman–Crippen MR) is 108 cm³/mol. The molecular formula is C20H29F2N3O2S. The van der Waals surface area contributed by atoms with Crippen molar-refractivity contribution in [1.29, 1.82) is 0 Å². The van der Waals surface area contributed by atoms with Crippen LogP contribution < -0.4 is 4.72 Å². The van der Waals surface area contributed by atoms with Gasteiger partial charge < -0.3 is 4.57 Å². The van der Waals surface area contributed by atoms with Crippen LogP contribution in [0.25, 0.3) is 11.0 Å². The molecule has 0 saturated heterocycles. The summed E-state index contributed by atoms with van der Waals surface area (Å²) < 4.78 is 56.1. The van der Waals surface area contributed by atoms with Crippen LogP contribution in [-0.2, 0) is 22.0 Å². The maximum Gasteiger partial charge on any atom is 0.248 e. The smallest absolute Gasteiger partial charge is 0.248 e. The van der Waals surface area contributed by atoms with E-state index in [0.29, 0.717) is 24.2 Å². The van der Waals surface area contributed by atoms with Crippen LogP contribution in [0.5, 0.6) is 0 Å². The van der Waals surface area contributed by atoms with Gasteiger partial charge in [0.15, 0.2) is 0 Å². The molecule has 1 saturated carbocycles. The number of alkyl halides is 2. The molecule has 1 aromatic carbocycles. The highest BCUT2D eigenvalue weighted by atomic mass is 32.2. The second-order valence-electron chi connectivity index (χ2n) is 8.82. The molecule has 2 aromatic rings. The van der Waals surface area contributed by atoms with Crippen LogP contribution in [0, 0.1) is 5.92 Å². The first-order valence-corrected chi connectivity index (χ1v) is 11.4. The van der Waals surface area contributed by atoms with Gasteiger partial charge in [-0.1, -0.05) is 20.8 Å². The number of nitrogens with zero attached hydrogens (tertiary/aromatic N) is 2. The number of halogens is 2. The molecule has 156 valence electrons. The van der Waals surface area contributed by atoms with Gasteiger partial charge >= 0.3 is 0 Å². The van der Waals surface area contributed by atoms with Crippen molar-refractivity contribution in [2.45, 2.75) is 71.3 Å². The van der Waals surface area contributed by atoms with E-state index in [4.69, 9.17) is 4.98 Å². The molecule has 3 rings (SSSR count). The Hall–Kier alpha value is -1.70. The molecule has 1 atom stereocenters. The lowest BCUT2D eigenvalue weighted by atomic mass is 9.86. The van der Waals surface area contributed by atoms with E-state index in [9.17, 15) is 17.2 Å². The Morgan fingerprint density at radius 2 is 2.04 bits per heavy atom. The Morgan fingerprint density at radius 1 is 1.32 bits per heavy atom. The molecule has 1 unspecified atom stereocenters. The lowest BCUT2D eigenvalue weighted by molar-refractivity contribution is -0.0547. The summed E-state index contributed by atoms with van der Waals surface area (Å²) in [5.74, 6) is -1.87. The minimum absolute atomic E-state index is 0.0113. The number of benzene rings is 1. The number of anilines is 1. The van der Waals surface area contributed by atoms with Gasteiger partial charge in [0, 0.05) is 24.8 Å². The minimum Gasteiger partial charge on any atom is -0.327 e. The molecule has 0 radical (unpaired) electrons. The Balaban J connectivity index is 2.00. The minimum atomic E-state index is -3.38. The quantitative estimate of drug-likeness (QED) is 0.757. The normalized spacial score (nSPS) is 20.4. The number of hydrogen-bond donors (Lipinski definition) is 1. The molecule has 0 amide bonds. The van der Waals surface area contributed by atoms with Crippen LogP contribution in [0.4, 0.5) is 14.5 Å². The summed E-state index contributed by atoms with van der Waals surface area (Å²) in [6, 6.07) is 5.24. The first-order valence-electron chi connectivity index (χ1n) is 9.79. The molecule has 28 heavy (non-hydrogen) atoms. The van der Waals surface area contributed by atoms with Crippen molar-refractivity contribution >= 4 is 26.7 Å². The van der Waals surface area contributed by atoms with Crippen molar-refractivity contribution in [2.24, 2.45) is 5.92 Å². The van der Waals surface area contributed by atoms with E-state index in [1.54, 1.807) is 19.1 Å². The van der Waals surface area contributed by atoms with E-state index in [2.05, 4.69) is 4.72 Å². The third-order valence-corrected chi connectivity index (χ3v) is 6.56. The molecule has 0 aliphatic heterocycles. The second kappa shape index (κ2) is 7.28. The monoisotopic (exact) mass is 413 g/mol. The maximum atomic E-state index is 13.9. The average molecular weight is 414 g/mol. The first kappa shape index (κ1) is 21.0. The molecule has 0 spiro atoms. The van der Waals surface area contributed by atoms with Gasteiger partial charge in [-0.3, -0.25) is 4.72 Å². The van der Waals surface area contributed by atoms with E-state index < -0.39 is 15.9 Å². The molecule has 1 fully saturated rings. The molecule has 5 nitrogen and oxygen atoms in total. The first-order chi connectivity index (χ1) is 12.9. The fourth-order valence-corrected chi connectivity index (χ4v) is 4.52. The number of aromatic nitrogens is 2. The zero-order valence-corrected chi connectivity index (χ0v) is 17.7. The summed E-state index contributed by atoms with van der Waals surface area (Å²) in [5.41, 5.74) is 1.71. The van der Waals surface area contributed by atoms with E-state index in [1.807, 2.05) is 31.4 Å². The summed E-state index contributed by atoms with van der Waals surface area (Å²) in [6.45, 7) is 8.20. The highest BCUT2D eigenvalue weighted by molar-refractivity contribution is 7.92. The Labute approximate surface area is 165 Å². The molecule has 1 aliphatic rings. The largest absolute Gasteiger partial charge is 0.327 e. The van der Waals surface area contributed by atoms with E-state index in [-0.39, 0.29) is 29.9 Å². The average Bonchev–Trinajstić information content (AvgIpc) is 2.92. The van der Waals surface area contributed by atoms with E-state index in [1.165, 1.54) is 0 Å². The standard InChI is InChI=1S/C20H29F2N3O2S/c1-5-28(26,27)24-15-8-9-17-16(11-15)23-18(19(2,3)4)25(17)13-14-7-6-10-20(21,22)12-14/h8-9,11,14,24H,5-7,10,12-13H2,1-4H3. The molecule has 1 aliphatic carbocycles. The predicted octanol–water partition coefficient (Wildman–Crippen LogP) is 4.92. The van der Waals surface area contributed by atoms with Crippen LogP contribution >= 0.6 is 0 Å². The molecule has 1 aromatic heterocycles. The van der Waals surface area contributed by atoms with Crippen LogP contribution in [0.1, 0.15) is 59.2 Å². The third kappa shape index (κ3) is 4.64. The number of hydrogen-bond acceptors (Lipinski definition) is 3. The Kier molecular flexibility index (Phi) is 5.47. The molecule has 0 bridgehead atoms. The summed E-state index contributed by atoms with van der Waals surface area (Å²) in [4.78, 5) is 4.74. The van der Waals surface area contributed by atoms with Gasteiger partial charge in [0.05, 0.1) is 22.5 Å². The topological polar surface area (TPSA) is 64.0 Å². The highest BCUT2D eigenvalue weighted by Crippen LogP contribution is 2.38. The maximum absolute atomic E-state index is 13.9. The number of fused-ring (bicyclic) bond motifs is 1. The summed E-state index contributed by atoms with van der Waals surface area (Å²) >= 11 is 0. The summed E-state index contributed by atoms with van der Waals surface area (Å²) in [6.07, 6.45) is 1.21. The van der Waals surface area contributed by atoms with Crippen LogP contribution in [0.15, 0.2) is 18.2 Å². The molecule has 1 heterocycles. The van der Waals surface area contributed by atoms with Crippen LogP contribution in [0.3, 0.4) is 0 Å². The fraction of sp³-hybridized carbons (Fsp3) is 0.650. The number of nitrogens with one attached hydrogen (secondary N) is 1. The summed E-state index contributed by atoms with van der Waals surface area (Å²) in [5, 5.41) is 0. The third-order valence-electron chi connectivity index (χ3n) is 5.26. The van der Waals surface area contributed by atoms with Crippen molar-refractivity contribution in [3.63, 3.8) is 0 Å². The van der Waals surface area contributed by atoms with Gasteiger partial charge in [-0.15, -0.1) is 0 Å². The Bertz CT molecular complexity index is 962. The van der Waals surface area contributed by atoms with Crippen LogP contribution in [-0.4, -0.2) is 29.6 Å². The SMILES string of the molecule is CCS(=O)(=O)Nc1ccc2c(c1)nc(C(C)(C)C)n2CC1CCCC(F)(F)C1. The van der Waals surface area contributed by atoms with Crippen LogP contribution in [0.2, 0.25) is 0 Å². The van der Waals surface area contributed by atoms with Crippen molar-refractivity contribution < 1.29 is 17.2 Å². The van der Waals surface area contributed by atoms with E-state index >= 15 is 0 Å². The molecule has 8 heteroatoms. The lowest BCUT2D eigenvalue weighted by Crippen LogP contribution is -2.30. The molecule has 1 N–H and O–H groups in total. The van der Waals surface area contributed by atoms with Gasteiger partial charge in [-0.25, -0.2) is 22.2 Å². The fourth-order valence-electron chi connectivity index (χ4n) is 3.89. The van der Waals surface area contributed by atoms with Gasteiger partial charge in [-0.2, -0.15) is 0 Å². The highest BCUT2D eigenvalue weighted by Gasteiger charge is 2.37. The van der Waals surface area contributed by atoms with Crippen molar-refractivity contribution in [1.82, 2.24) is 9.55 Å². The van der Waals surface area contributed by atoms with Gasteiger partial charge in [0.25, 0.3) is 0 Å². The Morgan fingerprint density at radius 3 is 2.64 bits per heavy atom. The van der Waals surface area contributed by atoms with E-state index in [0.717, 1.165) is 17.8 Å². The number of imidazole rings is 1. The number of rotatable bonds is 5. The summed E-state index contributed by atoms with van der Waals surface area (Å²) in [7, 11) is -3.38. The lowest BCUT2D eigenvalue weighted by Gasteiger charge is -2.30. The molecular weight excluding hydrogens is 384 g/mol. The second-order valence-corrected chi connectivity index (χ2v) is 10.8. The zero-order valence-electron chi connectivity index (χ0n) is 16.9. The van der Waals surface area contributed by atoms with Gasteiger partial charge in [0.2, 0.25) is 15.9 Å².